The van der Waals surface area contributed by atoms with Crippen LogP contribution in [0.3, 0.4) is 0 Å². The number of methoxy groups -OCH3 is 3. The number of thiophene rings is 1. The highest BCUT2D eigenvalue weighted by atomic mass is 32.1. The minimum Gasteiger partial charge on any atom is -0.503 e. The summed E-state index contributed by atoms with van der Waals surface area (Å²) in [7, 11) is 4.45. The number of thiazole rings is 1. The summed E-state index contributed by atoms with van der Waals surface area (Å²) in [5.74, 6) is -0.0875. The molecule has 0 bridgehead atoms. The van der Waals surface area contributed by atoms with Gasteiger partial charge in [0.05, 0.1) is 54.6 Å². The number of ether oxygens (including phenoxy) is 4. The fourth-order valence-electron chi connectivity index (χ4n) is 4.40. The molecule has 5 rings (SSSR count). The minimum atomic E-state index is -1.00. The highest BCUT2D eigenvalue weighted by molar-refractivity contribution is 7.22. The van der Waals surface area contributed by atoms with Crippen molar-refractivity contribution in [3.63, 3.8) is 0 Å². The van der Waals surface area contributed by atoms with E-state index < -0.39 is 23.5 Å². The van der Waals surface area contributed by atoms with Crippen molar-refractivity contribution < 1.29 is 33.6 Å². The predicted molar refractivity (Wildman–Crippen MR) is 145 cm³/mol. The van der Waals surface area contributed by atoms with Gasteiger partial charge in [-0.1, -0.05) is 17.4 Å². The Morgan fingerprint density at radius 2 is 1.82 bits per heavy atom. The van der Waals surface area contributed by atoms with Crippen LogP contribution in [0.15, 0.2) is 59.2 Å². The molecule has 1 aliphatic rings. The SMILES string of the molecule is CCOc1ccc2nc(N3C(=O)C(O)=C(C(=O)c4cccs4)[C@H]3c3cc(OC)c(OC)c(OC)c3)sc2c1. The Bertz CT molecular complexity index is 1530. The van der Waals surface area contributed by atoms with Crippen LogP contribution in [0.5, 0.6) is 23.0 Å². The number of aromatic nitrogens is 1. The molecule has 1 N–H and O–H groups in total. The molecule has 0 saturated heterocycles. The van der Waals surface area contributed by atoms with E-state index in [1.54, 1.807) is 41.8 Å². The molecule has 0 unspecified atom stereocenters. The average Bonchev–Trinajstić information content (AvgIpc) is 3.66. The maximum Gasteiger partial charge on any atom is 0.296 e. The number of amides is 1. The van der Waals surface area contributed by atoms with Crippen LogP contribution in [0, 0.1) is 0 Å². The van der Waals surface area contributed by atoms with E-state index in [0.29, 0.717) is 50.7 Å². The highest BCUT2D eigenvalue weighted by Crippen LogP contribution is 2.48. The normalized spacial score (nSPS) is 15.3. The Balaban J connectivity index is 1.71. The van der Waals surface area contributed by atoms with Crippen molar-refractivity contribution in [2.24, 2.45) is 0 Å². The van der Waals surface area contributed by atoms with Gasteiger partial charge in [-0.2, -0.15) is 0 Å². The van der Waals surface area contributed by atoms with E-state index in [1.165, 1.54) is 48.9 Å². The third kappa shape index (κ3) is 4.23. The lowest BCUT2D eigenvalue weighted by Gasteiger charge is -2.25. The third-order valence-corrected chi connectivity index (χ3v) is 7.95. The quantitative estimate of drug-likeness (QED) is 0.269. The molecule has 11 heteroatoms. The lowest BCUT2D eigenvalue weighted by atomic mass is 9.95. The first-order chi connectivity index (χ1) is 18.4. The van der Waals surface area contributed by atoms with Gasteiger partial charge in [0, 0.05) is 0 Å². The van der Waals surface area contributed by atoms with E-state index in [4.69, 9.17) is 18.9 Å². The summed E-state index contributed by atoms with van der Waals surface area (Å²) < 4.78 is 22.9. The van der Waals surface area contributed by atoms with Gasteiger partial charge in [0.1, 0.15) is 5.75 Å². The number of aliphatic hydroxyl groups excluding tert-OH is 1. The first-order valence-electron chi connectivity index (χ1n) is 11.6. The van der Waals surface area contributed by atoms with Crippen molar-refractivity contribution in [2.45, 2.75) is 13.0 Å². The molecule has 196 valence electrons. The number of hydrogen-bond acceptors (Lipinski definition) is 10. The van der Waals surface area contributed by atoms with Gasteiger partial charge in [0.25, 0.3) is 5.91 Å². The first kappa shape index (κ1) is 25.6. The van der Waals surface area contributed by atoms with Gasteiger partial charge >= 0.3 is 0 Å². The summed E-state index contributed by atoms with van der Waals surface area (Å²) in [6.07, 6.45) is 0. The topological polar surface area (TPSA) is 107 Å². The summed E-state index contributed by atoms with van der Waals surface area (Å²) in [5, 5.41) is 13.2. The molecule has 38 heavy (non-hydrogen) atoms. The molecule has 0 aliphatic carbocycles. The van der Waals surface area contributed by atoms with Gasteiger partial charge in [-0.15, -0.1) is 11.3 Å². The van der Waals surface area contributed by atoms with E-state index in [2.05, 4.69) is 4.98 Å². The average molecular weight is 553 g/mol. The van der Waals surface area contributed by atoms with Crippen LogP contribution in [0.1, 0.15) is 28.2 Å². The van der Waals surface area contributed by atoms with Crippen molar-refractivity contribution >= 4 is 49.7 Å². The summed E-state index contributed by atoms with van der Waals surface area (Å²) in [6, 6.07) is 11.2. The second kappa shape index (κ2) is 10.3. The van der Waals surface area contributed by atoms with Crippen LogP contribution >= 0.6 is 22.7 Å². The van der Waals surface area contributed by atoms with E-state index in [-0.39, 0.29) is 5.57 Å². The molecular formula is C27H24N2O7S2. The van der Waals surface area contributed by atoms with Crippen LogP contribution in [-0.4, -0.2) is 49.7 Å². The number of anilines is 1. The molecule has 1 amide bonds. The van der Waals surface area contributed by atoms with Crippen LogP contribution < -0.4 is 23.8 Å². The van der Waals surface area contributed by atoms with E-state index in [9.17, 15) is 14.7 Å². The van der Waals surface area contributed by atoms with Crippen LogP contribution in [0.4, 0.5) is 5.13 Å². The van der Waals surface area contributed by atoms with Crippen LogP contribution in [0.2, 0.25) is 0 Å². The van der Waals surface area contributed by atoms with Gasteiger partial charge in [-0.3, -0.25) is 14.5 Å². The molecule has 2 aromatic carbocycles. The number of ketones is 1. The standard InChI is InChI=1S/C27H24N2O7S2/c1-5-36-15-8-9-16-20(13-15)38-27(28-16)29-22(14-11-17(33-2)25(35-4)18(12-14)34-3)21(24(31)26(29)32)23(30)19-7-6-10-37-19/h6-13,22,31H,5H2,1-4H3/t22-/m1/s1. The fourth-order valence-corrected chi connectivity index (χ4v) is 6.10. The largest absolute Gasteiger partial charge is 0.503 e. The van der Waals surface area contributed by atoms with E-state index in [0.717, 1.165) is 4.70 Å². The molecular weight excluding hydrogens is 528 g/mol. The van der Waals surface area contributed by atoms with Crippen molar-refractivity contribution in [1.29, 1.82) is 0 Å². The Hall–Kier alpha value is -4.09. The zero-order chi connectivity index (χ0) is 27.0. The molecule has 4 aromatic rings. The first-order valence-corrected chi connectivity index (χ1v) is 13.3. The molecule has 0 radical (unpaired) electrons. The lowest BCUT2D eigenvalue weighted by Crippen LogP contribution is -2.31. The number of rotatable bonds is 9. The van der Waals surface area contributed by atoms with Crippen LogP contribution in [0.25, 0.3) is 10.2 Å². The van der Waals surface area contributed by atoms with Gasteiger partial charge in [0.2, 0.25) is 11.5 Å². The summed E-state index contributed by atoms with van der Waals surface area (Å²) in [6.45, 7) is 2.41. The second-order valence-corrected chi connectivity index (χ2v) is 10.1. The number of carbonyl (C=O) groups is 2. The molecule has 0 saturated carbocycles. The number of aliphatic hydroxyl groups is 1. The third-order valence-electron chi connectivity index (χ3n) is 6.07. The minimum absolute atomic E-state index is 0.0546. The number of carbonyl (C=O) groups excluding carboxylic acids is 2. The molecule has 2 aromatic heterocycles. The van der Waals surface area contributed by atoms with Crippen LogP contribution in [-0.2, 0) is 4.79 Å². The van der Waals surface area contributed by atoms with Gasteiger partial charge in [-0.05, 0) is 54.3 Å². The number of Topliss-reactive ketones (excluding diaryl/α,β-unsaturated/α-hetero) is 1. The van der Waals surface area contributed by atoms with Gasteiger partial charge < -0.3 is 24.1 Å². The zero-order valence-electron chi connectivity index (χ0n) is 21.0. The molecule has 0 spiro atoms. The fraction of sp³-hybridized carbons (Fsp3) is 0.222. The van der Waals surface area contributed by atoms with Gasteiger partial charge in [0.15, 0.2) is 22.4 Å². The number of fused-ring (bicyclic) bond motifs is 1. The Kier molecular flexibility index (Phi) is 6.96. The maximum absolute atomic E-state index is 13.6. The molecule has 0 fully saturated rings. The predicted octanol–water partition coefficient (Wildman–Crippen LogP) is 5.57. The molecule has 3 heterocycles. The Morgan fingerprint density at radius 1 is 1.08 bits per heavy atom. The van der Waals surface area contributed by atoms with Crippen molar-refractivity contribution in [3.05, 3.63) is 69.6 Å². The number of hydrogen-bond donors (Lipinski definition) is 1. The summed E-state index contributed by atoms with van der Waals surface area (Å²) in [5.41, 5.74) is 1.08. The lowest BCUT2D eigenvalue weighted by molar-refractivity contribution is -0.117. The smallest absolute Gasteiger partial charge is 0.296 e. The molecule has 1 atom stereocenters. The molecule has 1 aliphatic heterocycles. The van der Waals surface area contributed by atoms with Crippen molar-refractivity contribution in [2.75, 3.05) is 32.8 Å². The Morgan fingerprint density at radius 3 is 2.42 bits per heavy atom. The number of benzene rings is 2. The summed E-state index contributed by atoms with van der Waals surface area (Å²) in [4.78, 5) is 33.6. The highest BCUT2D eigenvalue weighted by Gasteiger charge is 2.46. The van der Waals surface area contributed by atoms with Gasteiger partial charge in [-0.25, -0.2) is 4.98 Å². The van der Waals surface area contributed by atoms with Crippen molar-refractivity contribution in [3.8, 4) is 23.0 Å². The zero-order valence-corrected chi connectivity index (χ0v) is 22.6. The Labute approximate surface area is 226 Å². The number of nitrogens with zero attached hydrogens (tertiary/aromatic N) is 2. The van der Waals surface area contributed by atoms with Crippen molar-refractivity contribution in [1.82, 2.24) is 4.98 Å². The maximum atomic E-state index is 13.6. The molecule has 9 nitrogen and oxygen atoms in total. The van der Waals surface area contributed by atoms with E-state index in [1.807, 2.05) is 13.0 Å². The van der Waals surface area contributed by atoms with E-state index >= 15 is 0 Å². The summed E-state index contributed by atoms with van der Waals surface area (Å²) >= 11 is 2.48. The monoisotopic (exact) mass is 552 g/mol. The second-order valence-electron chi connectivity index (χ2n) is 8.16.